The van der Waals surface area contributed by atoms with Gasteiger partial charge in [0.2, 0.25) is 11.6 Å². The van der Waals surface area contributed by atoms with Crippen LogP contribution in [0.5, 0.6) is 0 Å². The van der Waals surface area contributed by atoms with E-state index in [0.717, 1.165) is 0 Å². The van der Waals surface area contributed by atoms with Crippen LogP contribution in [0.15, 0.2) is 52.7 Å². The predicted octanol–water partition coefficient (Wildman–Crippen LogP) is 5.02. The minimum absolute atomic E-state index is 0.197. The number of halogens is 4. The van der Waals surface area contributed by atoms with Crippen molar-refractivity contribution in [2.24, 2.45) is 11.5 Å². The van der Waals surface area contributed by atoms with Crippen molar-refractivity contribution in [3.63, 3.8) is 0 Å². The number of nitrogens with two attached hydrogens (primary N) is 2. The van der Waals surface area contributed by atoms with Gasteiger partial charge in [0.15, 0.2) is 11.6 Å². The number of aromatic nitrogens is 2. The van der Waals surface area contributed by atoms with E-state index in [4.69, 9.17) is 62.5 Å². The van der Waals surface area contributed by atoms with E-state index in [1.807, 2.05) is 0 Å². The Balaban J connectivity index is 1.88. The molecule has 4 rings (SSSR count). The van der Waals surface area contributed by atoms with E-state index in [0.29, 0.717) is 43.1 Å². The third-order valence-corrected chi connectivity index (χ3v) is 5.42. The van der Waals surface area contributed by atoms with Crippen LogP contribution in [-0.2, 0) is 0 Å². The molecule has 0 spiro atoms. The number of benzene rings is 2. The first-order valence-corrected chi connectivity index (χ1v) is 8.98. The van der Waals surface area contributed by atoms with Gasteiger partial charge in [-0.05, 0) is 46.7 Å². The Morgan fingerprint density at radius 1 is 0.667 bits per heavy atom. The zero-order valence-electron chi connectivity index (χ0n) is 13.3. The Hall–Kier alpha value is -2.32. The molecule has 3 aromatic rings. The normalized spacial score (nSPS) is 13.9. The summed E-state index contributed by atoms with van der Waals surface area (Å²) in [5, 5.41) is 9.44. The zero-order chi connectivity index (χ0) is 19.3. The molecule has 0 saturated carbocycles. The molecule has 0 bridgehead atoms. The molecule has 0 amide bonds. The molecule has 0 atom stereocenters. The smallest absolute Gasteiger partial charge is 0.229 e. The molecule has 1 aliphatic heterocycles. The molecular weight excluding hydrogens is 434 g/mol. The quantitative estimate of drug-likeness (QED) is 0.573. The largest absolute Gasteiger partial charge is 0.382 e. The molecule has 0 fully saturated rings. The average molecular weight is 444 g/mol. The molecule has 138 valence electrons. The minimum Gasteiger partial charge on any atom is -0.382 e. The summed E-state index contributed by atoms with van der Waals surface area (Å²) in [5.41, 5.74) is 13.8. The van der Waals surface area contributed by atoms with Crippen LogP contribution in [-0.4, -0.2) is 10.3 Å². The van der Waals surface area contributed by atoms with E-state index in [1.165, 1.54) is 0 Å². The minimum atomic E-state index is 0.197. The van der Waals surface area contributed by atoms with E-state index in [-0.39, 0.29) is 11.6 Å². The van der Waals surface area contributed by atoms with Crippen LogP contribution in [0, 0.1) is 0 Å². The molecule has 1 aliphatic rings. The number of fused-ring (bicyclic) bond motifs is 1. The van der Waals surface area contributed by atoms with Gasteiger partial charge in [0.05, 0.1) is 31.5 Å². The van der Waals surface area contributed by atoms with Gasteiger partial charge in [-0.15, -0.1) is 0 Å². The molecule has 2 aromatic carbocycles. The second-order valence-corrected chi connectivity index (χ2v) is 7.18. The van der Waals surface area contributed by atoms with E-state index in [2.05, 4.69) is 10.3 Å². The van der Waals surface area contributed by atoms with E-state index in [9.17, 15) is 0 Å². The van der Waals surface area contributed by atoms with Gasteiger partial charge in [0, 0.05) is 0 Å². The maximum absolute atomic E-state index is 6.31. The monoisotopic (exact) mass is 442 g/mol. The SMILES string of the molecule is NC1=C(N)N(c2ccc(Cl)c(Cl)c2)c2nonc2N1c1ccc(Cl)c(Cl)c1. The Morgan fingerprint density at radius 3 is 1.44 bits per heavy atom. The molecule has 4 N–H and O–H groups in total. The molecule has 2 heterocycles. The first-order valence-electron chi connectivity index (χ1n) is 7.46. The number of hydrogen-bond donors (Lipinski definition) is 2. The fourth-order valence-electron chi connectivity index (χ4n) is 2.69. The second-order valence-electron chi connectivity index (χ2n) is 5.55. The molecule has 0 aliphatic carbocycles. The summed E-state index contributed by atoms with van der Waals surface area (Å²) in [5.74, 6) is 1.04. The zero-order valence-corrected chi connectivity index (χ0v) is 16.4. The summed E-state index contributed by atoms with van der Waals surface area (Å²) in [7, 11) is 0. The van der Waals surface area contributed by atoms with E-state index >= 15 is 0 Å². The van der Waals surface area contributed by atoms with Gasteiger partial charge in [-0.25, -0.2) is 4.63 Å². The lowest BCUT2D eigenvalue weighted by Crippen LogP contribution is -2.38. The van der Waals surface area contributed by atoms with Crippen LogP contribution in [0.3, 0.4) is 0 Å². The summed E-state index contributed by atoms with van der Waals surface area (Å²) in [4.78, 5) is 3.13. The van der Waals surface area contributed by atoms with Gasteiger partial charge in [0.25, 0.3) is 0 Å². The standard InChI is InChI=1S/C16H10Cl4N6O/c17-9-3-1-7(5-11(9)19)25-13(21)14(22)26(16-15(25)23-27-24-16)8-2-4-10(18)12(20)6-8/h1-6H,21-22H2. The molecule has 0 unspecified atom stereocenters. The first kappa shape index (κ1) is 18.1. The highest BCUT2D eigenvalue weighted by Crippen LogP contribution is 2.44. The Morgan fingerprint density at radius 2 is 1.07 bits per heavy atom. The van der Waals surface area contributed by atoms with Crippen LogP contribution in [0.2, 0.25) is 20.1 Å². The lowest BCUT2D eigenvalue weighted by molar-refractivity contribution is 0.309. The maximum atomic E-state index is 6.31. The number of hydrogen-bond acceptors (Lipinski definition) is 7. The van der Waals surface area contributed by atoms with Gasteiger partial charge in [-0.2, -0.15) is 0 Å². The number of anilines is 4. The highest BCUT2D eigenvalue weighted by molar-refractivity contribution is 6.42. The fourth-order valence-corrected chi connectivity index (χ4v) is 3.27. The lowest BCUT2D eigenvalue weighted by Gasteiger charge is -2.34. The summed E-state index contributed by atoms with van der Waals surface area (Å²) < 4.78 is 4.94. The van der Waals surface area contributed by atoms with Crippen LogP contribution in [0.4, 0.5) is 23.0 Å². The van der Waals surface area contributed by atoms with Crippen molar-refractivity contribution in [1.82, 2.24) is 10.3 Å². The van der Waals surface area contributed by atoms with E-state index < -0.39 is 0 Å². The second kappa shape index (κ2) is 6.69. The highest BCUT2D eigenvalue weighted by Gasteiger charge is 2.35. The Kier molecular flexibility index (Phi) is 4.47. The summed E-state index contributed by atoms with van der Waals surface area (Å²) >= 11 is 24.3. The Labute approximate surface area is 173 Å². The van der Waals surface area contributed by atoms with Crippen molar-refractivity contribution in [2.75, 3.05) is 9.80 Å². The Bertz CT molecular complexity index is 1000. The van der Waals surface area contributed by atoms with Gasteiger partial charge < -0.3 is 11.5 Å². The van der Waals surface area contributed by atoms with Crippen LogP contribution in [0.25, 0.3) is 0 Å². The average Bonchev–Trinajstić information content (AvgIpc) is 3.10. The molecule has 27 heavy (non-hydrogen) atoms. The van der Waals surface area contributed by atoms with Crippen molar-refractivity contribution < 1.29 is 4.63 Å². The summed E-state index contributed by atoms with van der Waals surface area (Å²) in [6.45, 7) is 0. The molecular formula is C16H10Cl4N6O. The first-order chi connectivity index (χ1) is 12.9. The molecule has 0 saturated heterocycles. The van der Waals surface area contributed by atoms with E-state index in [1.54, 1.807) is 46.2 Å². The van der Waals surface area contributed by atoms with Crippen molar-refractivity contribution in [3.05, 3.63) is 68.1 Å². The van der Waals surface area contributed by atoms with Crippen molar-refractivity contribution in [3.8, 4) is 0 Å². The van der Waals surface area contributed by atoms with Crippen LogP contribution in [0.1, 0.15) is 0 Å². The molecule has 1 aromatic heterocycles. The summed E-state index contributed by atoms with van der Waals surface area (Å²) in [6.07, 6.45) is 0. The number of nitrogens with zero attached hydrogens (tertiary/aromatic N) is 4. The van der Waals surface area contributed by atoms with Crippen molar-refractivity contribution in [1.29, 1.82) is 0 Å². The third kappa shape index (κ3) is 2.93. The number of rotatable bonds is 2. The van der Waals surface area contributed by atoms with Gasteiger partial charge >= 0.3 is 0 Å². The topological polar surface area (TPSA) is 97.4 Å². The predicted molar refractivity (Wildman–Crippen MR) is 107 cm³/mol. The van der Waals surface area contributed by atoms with Crippen LogP contribution < -0.4 is 21.3 Å². The highest BCUT2D eigenvalue weighted by atomic mass is 35.5. The van der Waals surface area contributed by atoms with Crippen LogP contribution >= 0.6 is 46.4 Å². The van der Waals surface area contributed by atoms with Gasteiger partial charge in [-0.1, -0.05) is 46.4 Å². The third-order valence-electron chi connectivity index (χ3n) is 3.95. The van der Waals surface area contributed by atoms with Crippen molar-refractivity contribution in [2.45, 2.75) is 0 Å². The molecule has 0 radical (unpaired) electrons. The lowest BCUT2D eigenvalue weighted by atomic mass is 10.2. The fraction of sp³-hybridized carbons (Fsp3) is 0. The molecule has 11 heteroatoms. The van der Waals surface area contributed by atoms with Crippen molar-refractivity contribution >= 4 is 69.4 Å². The van der Waals surface area contributed by atoms with Gasteiger partial charge in [0.1, 0.15) is 0 Å². The van der Waals surface area contributed by atoms with Gasteiger partial charge in [-0.3, -0.25) is 9.80 Å². The molecule has 7 nitrogen and oxygen atoms in total. The summed E-state index contributed by atoms with van der Waals surface area (Å²) in [6, 6.07) is 10.0. The maximum Gasteiger partial charge on any atom is 0.229 e.